The van der Waals surface area contributed by atoms with Crippen molar-refractivity contribution in [2.45, 2.75) is 11.8 Å². The van der Waals surface area contributed by atoms with Crippen LogP contribution in [-0.2, 0) is 10.0 Å². The number of nitrogens with one attached hydrogen (secondary N) is 1. The van der Waals surface area contributed by atoms with Crippen molar-refractivity contribution in [3.8, 4) is 0 Å². The van der Waals surface area contributed by atoms with Crippen molar-refractivity contribution >= 4 is 38.6 Å². The van der Waals surface area contributed by atoms with Gasteiger partial charge in [-0.3, -0.25) is 0 Å². The molecule has 0 saturated carbocycles. The number of thiocarbonyl (C=S) groups is 1. The first-order valence-corrected chi connectivity index (χ1v) is 8.04. The van der Waals surface area contributed by atoms with Gasteiger partial charge in [0.05, 0.1) is 10.6 Å². The van der Waals surface area contributed by atoms with E-state index in [2.05, 4.69) is 5.32 Å². The molecule has 0 aliphatic heterocycles. The van der Waals surface area contributed by atoms with Crippen LogP contribution in [0, 0.1) is 6.92 Å². The minimum Gasteiger partial charge on any atom is -0.389 e. The summed E-state index contributed by atoms with van der Waals surface area (Å²) in [5.74, 6) is 0. The van der Waals surface area contributed by atoms with Crippen LogP contribution < -0.4 is 16.2 Å². The van der Waals surface area contributed by atoms with Crippen LogP contribution in [0.2, 0.25) is 0 Å². The van der Waals surface area contributed by atoms with E-state index in [9.17, 15) is 8.42 Å². The molecule has 0 spiro atoms. The summed E-state index contributed by atoms with van der Waals surface area (Å²) in [6, 6.07) is 11.8. The molecule has 7 heteroatoms. The maximum atomic E-state index is 11.4. The van der Waals surface area contributed by atoms with Gasteiger partial charge in [0.15, 0.2) is 0 Å². The molecule has 2 rings (SSSR count). The Bertz CT molecular complexity index is 802. The summed E-state index contributed by atoms with van der Waals surface area (Å²) in [7, 11) is -3.74. The Kier molecular flexibility index (Phi) is 4.26. The normalized spacial score (nSPS) is 11.1. The summed E-state index contributed by atoms with van der Waals surface area (Å²) in [6.07, 6.45) is 0. The van der Waals surface area contributed by atoms with Gasteiger partial charge in [-0.15, -0.1) is 0 Å². The van der Waals surface area contributed by atoms with Gasteiger partial charge < -0.3 is 11.1 Å². The Hall–Kier alpha value is -1.96. The second-order valence-electron chi connectivity index (χ2n) is 4.56. The van der Waals surface area contributed by atoms with Crippen LogP contribution >= 0.6 is 12.2 Å². The molecule has 0 aliphatic carbocycles. The molecule has 0 saturated heterocycles. The minimum atomic E-state index is -3.74. The highest BCUT2D eigenvalue weighted by molar-refractivity contribution is 7.89. The fourth-order valence-electron chi connectivity index (χ4n) is 1.93. The predicted molar refractivity (Wildman–Crippen MR) is 88.2 cm³/mol. The third kappa shape index (κ3) is 3.57. The van der Waals surface area contributed by atoms with Crippen LogP contribution in [0.4, 0.5) is 11.4 Å². The van der Waals surface area contributed by atoms with Crippen LogP contribution in [0.15, 0.2) is 47.4 Å². The van der Waals surface area contributed by atoms with Gasteiger partial charge in [-0.05, 0) is 36.8 Å². The third-order valence-electron chi connectivity index (χ3n) is 2.97. The number of nitrogens with two attached hydrogens (primary N) is 2. The van der Waals surface area contributed by atoms with Crippen LogP contribution in [0.5, 0.6) is 0 Å². The highest BCUT2D eigenvalue weighted by Gasteiger charge is 2.11. The molecule has 0 aromatic heterocycles. The number of benzene rings is 2. The number of anilines is 2. The number of rotatable bonds is 4. The van der Waals surface area contributed by atoms with E-state index in [0.29, 0.717) is 11.3 Å². The van der Waals surface area contributed by atoms with Crippen molar-refractivity contribution in [3.63, 3.8) is 0 Å². The van der Waals surface area contributed by atoms with E-state index in [-0.39, 0.29) is 9.88 Å². The van der Waals surface area contributed by atoms with E-state index >= 15 is 0 Å². The Morgan fingerprint density at radius 3 is 2.48 bits per heavy atom. The van der Waals surface area contributed by atoms with Gasteiger partial charge in [-0.25, -0.2) is 13.6 Å². The standard InChI is InChI=1S/C14H15N3O2S2/c1-9-4-2-7-12(14(15)20)13(9)17-10-5-3-6-11(8-10)21(16,18)19/h2-8,17H,1H3,(H2,15,20)(H2,16,18,19). The number of para-hydroxylation sites is 1. The molecule has 21 heavy (non-hydrogen) atoms. The lowest BCUT2D eigenvalue weighted by atomic mass is 10.1. The van der Waals surface area contributed by atoms with Crippen molar-refractivity contribution in [2.24, 2.45) is 10.9 Å². The Morgan fingerprint density at radius 1 is 1.19 bits per heavy atom. The maximum absolute atomic E-state index is 11.4. The summed E-state index contributed by atoms with van der Waals surface area (Å²) < 4.78 is 22.8. The predicted octanol–water partition coefficient (Wildman–Crippen LogP) is 2.02. The zero-order chi connectivity index (χ0) is 15.6. The molecule has 2 aromatic rings. The van der Waals surface area contributed by atoms with Crippen molar-refractivity contribution in [1.82, 2.24) is 0 Å². The fourth-order valence-corrected chi connectivity index (χ4v) is 2.66. The number of sulfonamides is 1. The first-order chi connectivity index (χ1) is 9.79. The van der Waals surface area contributed by atoms with Gasteiger partial charge in [0, 0.05) is 11.3 Å². The average molecular weight is 321 g/mol. The molecular formula is C14H15N3O2S2. The highest BCUT2D eigenvalue weighted by atomic mass is 32.2. The lowest BCUT2D eigenvalue weighted by molar-refractivity contribution is 0.598. The quantitative estimate of drug-likeness (QED) is 0.748. The van der Waals surface area contributed by atoms with Gasteiger partial charge in [0.25, 0.3) is 0 Å². The first kappa shape index (κ1) is 15.4. The molecule has 0 heterocycles. The number of primary sulfonamides is 1. The highest BCUT2D eigenvalue weighted by Crippen LogP contribution is 2.26. The molecule has 0 bridgehead atoms. The van der Waals surface area contributed by atoms with Crippen molar-refractivity contribution in [2.75, 3.05) is 5.32 Å². The molecule has 2 aromatic carbocycles. The zero-order valence-corrected chi connectivity index (χ0v) is 13.0. The Labute approximate surface area is 129 Å². The van der Waals surface area contributed by atoms with Gasteiger partial charge in [0.1, 0.15) is 4.99 Å². The third-order valence-corrected chi connectivity index (χ3v) is 4.10. The van der Waals surface area contributed by atoms with E-state index in [4.69, 9.17) is 23.1 Å². The average Bonchev–Trinajstić information content (AvgIpc) is 2.40. The summed E-state index contributed by atoms with van der Waals surface area (Å²) >= 11 is 5.03. The summed E-state index contributed by atoms with van der Waals surface area (Å²) in [5.41, 5.74) is 8.70. The van der Waals surface area contributed by atoms with Gasteiger partial charge in [0.2, 0.25) is 10.0 Å². The maximum Gasteiger partial charge on any atom is 0.238 e. The molecule has 0 amide bonds. The molecule has 0 atom stereocenters. The van der Waals surface area contributed by atoms with Crippen molar-refractivity contribution < 1.29 is 8.42 Å². The molecular weight excluding hydrogens is 306 g/mol. The van der Waals surface area contributed by atoms with Crippen LogP contribution in [-0.4, -0.2) is 13.4 Å². The molecule has 0 unspecified atom stereocenters. The summed E-state index contributed by atoms with van der Waals surface area (Å²) in [6.45, 7) is 1.91. The van der Waals surface area contributed by atoms with E-state index in [1.165, 1.54) is 12.1 Å². The van der Waals surface area contributed by atoms with Crippen LogP contribution in [0.25, 0.3) is 0 Å². The van der Waals surface area contributed by atoms with E-state index in [0.717, 1.165) is 11.3 Å². The van der Waals surface area contributed by atoms with Crippen LogP contribution in [0.1, 0.15) is 11.1 Å². The minimum absolute atomic E-state index is 0.0398. The number of hydrogen-bond donors (Lipinski definition) is 3. The zero-order valence-electron chi connectivity index (χ0n) is 11.3. The SMILES string of the molecule is Cc1cccc(C(N)=S)c1Nc1cccc(S(N)(=O)=O)c1. The second kappa shape index (κ2) is 5.80. The largest absolute Gasteiger partial charge is 0.389 e. The van der Waals surface area contributed by atoms with Crippen LogP contribution in [0.3, 0.4) is 0 Å². The molecule has 5 nitrogen and oxygen atoms in total. The number of hydrogen-bond acceptors (Lipinski definition) is 4. The monoisotopic (exact) mass is 321 g/mol. The Balaban J connectivity index is 2.46. The van der Waals surface area contributed by atoms with E-state index in [1.807, 2.05) is 19.1 Å². The van der Waals surface area contributed by atoms with Gasteiger partial charge >= 0.3 is 0 Å². The second-order valence-corrected chi connectivity index (χ2v) is 6.56. The topological polar surface area (TPSA) is 98.2 Å². The first-order valence-electron chi connectivity index (χ1n) is 6.08. The van der Waals surface area contributed by atoms with Crippen molar-refractivity contribution in [3.05, 3.63) is 53.6 Å². The number of aryl methyl sites for hydroxylation is 1. The summed E-state index contributed by atoms with van der Waals surface area (Å²) in [5, 5.41) is 8.28. The lowest BCUT2D eigenvalue weighted by Gasteiger charge is -2.14. The molecule has 0 aliphatic rings. The smallest absolute Gasteiger partial charge is 0.238 e. The molecule has 110 valence electrons. The van der Waals surface area contributed by atoms with Gasteiger partial charge in [-0.1, -0.05) is 30.4 Å². The fraction of sp³-hybridized carbons (Fsp3) is 0.0714. The molecule has 5 N–H and O–H groups in total. The van der Waals surface area contributed by atoms with E-state index < -0.39 is 10.0 Å². The molecule has 0 radical (unpaired) electrons. The van der Waals surface area contributed by atoms with E-state index in [1.54, 1.807) is 18.2 Å². The lowest BCUT2D eigenvalue weighted by Crippen LogP contribution is -2.14. The Morgan fingerprint density at radius 2 is 1.86 bits per heavy atom. The molecule has 0 fully saturated rings. The van der Waals surface area contributed by atoms with Gasteiger partial charge in [-0.2, -0.15) is 0 Å². The van der Waals surface area contributed by atoms with Crippen molar-refractivity contribution in [1.29, 1.82) is 0 Å². The summed E-state index contributed by atoms with van der Waals surface area (Å²) in [4.78, 5) is 0.307.